The molecule has 1 N–H and O–H groups in total. The van der Waals surface area contributed by atoms with Gasteiger partial charge in [-0.25, -0.2) is 4.98 Å². The lowest BCUT2D eigenvalue weighted by atomic mass is 10.0. The molecule has 26 heavy (non-hydrogen) atoms. The van der Waals surface area contributed by atoms with Crippen molar-refractivity contribution in [3.8, 4) is 11.5 Å². The predicted molar refractivity (Wildman–Crippen MR) is 104 cm³/mol. The lowest BCUT2D eigenvalue weighted by Gasteiger charge is -2.35. The molecule has 0 amide bonds. The van der Waals surface area contributed by atoms with Gasteiger partial charge in [0.05, 0.1) is 7.11 Å². The minimum atomic E-state index is 0.345. The summed E-state index contributed by atoms with van der Waals surface area (Å²) in [5.74, 6) is 2.19. The molecule has 5 heteroatoms. The molecule has 0 aliphatic carbocycles. The Hall–Kier alpha value is -2.79. The monoisotopic (exact) mass is 349 g/mol. The number of methoxy groups -OCH3 is 1. The molecule has 0 saturated carbocycles. The molecule has 0 radical (unpaired) electrons. The molecule has 2 heterocycles. The van der Waals surface area contributed by atoms with Gasteiger partial charge in [0.25, 0.3) is 0 Å². The van der Waals surface area contributed by atoms with Crippen LogP contribution in [0.2, 0.25) is 0 Å². The van der Waals surface area contributed by atoms with Crippen LogP contribution in [0.15, 0.2) is 54.7 Å². The molecule has 2 aromatic carbocycles. The van der Waals surface area contributed by atoms with Crippen LogP contribution in [0.4, 0.5) is 5.82 Å². The molecule has 0 bridgehead atoms. The summed E-state index contributed by atoms with van der Waals surface area (Å²) in [5, 5.41) is 12.6. The van der Waals surface area contributed by atoms with Crippen molar-refractivity contribution >= 4 is 16.6 Å². The van der Waals surface area contributed by atoms with E-state index >= 15 is 0 Å². The van der Waals surface area contributed by atoms with Gasteiger partial charge >= 0.3 is 0 Å². The largest absolute Gasteiger partial charge is 0.508 e. The number of anilines is 1. The number of piperazine rings is 1. The van der Waals surface area contributed by atoms with Crippen molar-refractivity contribution in [1.29, 1.82) is 0 Å². The SMILES string of the molecule is COc1ccc2ccc(O)c(CN3CCN(c4ccccn4)CC3)c2c1. The van der Waals surface area contributed by atoms with E-state index < -0.39 is 0 Å². The fourth-order valence-electron chi connectivity index (χ4n) is 3.54. The summed E-state index contributed by atoms with van der Waals surface area (Å²) >= 11 is 0. The van der Waals surface area contributed by atoms with Crippen LogP contribution in [-0.2, 0) is 6.54 Å². The number of pyridine rings is 1. The molecule has 3 aromatic rings. The second kappa shape index (κ2) is 7.22. The van der Waals surface area contributed by atoms with Gasteiger partial charge in [0.2, 0.25) is 0 Å². The van der Waals surface area contributed by atoms with E-state index in [-0.39, 0.29) is 0 Å². The Kier molecular flexibility index (Phi) is 4.63. The highest BCUT2D eigenvalue weighted by atomic mass is 16.5. The van der Waals surface area contributed by atoms with E-state index in [1.54, 1.807) is 13.2 Å². The highest BCUT2D eigenvalue weighted by molar-refractivity contribution is 5.89. The second-order valence-electron chi connectivity index (χ2n) is 6.60. The molecule has 134 valence electrons. The van der Waals surface area contributed by atoms with E-state index in [0.717, 1.165) is 60.6 Å². The second-order valence-corrected chi connectivity index (χ2v) is 6.60. The Bertz CT molecular complexity index is 890. The van der Waals surface area contributed by atoms with Crippen molar-refractivity contribution in [2.75, 3.05) is 38.2 Å². The molecular weight excluding hydrogens is 326 g/mol. The molecular formula is C21H23N3O2. The van der Waals surface area contributed by atoms with E-state index in [2.05, 4.69) is 20.9 Å². The molecule has 0 unspecified atom stereocenters. The zero-order valence-corrected chi connectivity index (χ0v) is 14.9. The summed E-state index contributed by atoms with van der Waals surface area (Å²) in [7, 11) is 1.67. The van der Waals surface area contributed by atoms with Crippen LogP contribution in [0, 0.1) is 0 Å². The number of phenolic OH excluding ortho intramolecular Hbond substituents is 1. The van der Waals surface area contributed by atoms with Crippen LogP contribution in [0.3, 0.4) is 0 Å². The minimum Gasteiger partial charge on any atom is -0.508 e. The third-order valence-corrected chi connectivity index (χ3v) is 5.04. The molecule has 4 rings (SSSR count). The number of phenols is 1. The maximum atomic E-state index is 10.4. The van der Waals surface area contributed by atoms with Crippen molar-refractivity contribution < 1.29 is 9.84 Å². The first-order valence-electron chi connectivity index (χ1n) is 8.91. The van der Waals surface area contributed by atoms with Gasteiger partial charge in [-0.1, -0.05) is 18.2 Å². The van der Waals surface area contributed by atoms with Crippen LogP contribution in [-0.4, -0.2) is 48.3 Å². The fraction of sp³-hybridized carbons (Fsp3) is 0.286. The summed E-state index contributed by atoms with van der Waals surface area (Å²) in [5.41, 5.74) is 0.965. The topological polar surface area (TPSA) is 48.8 Å². The number of fused-ring (bicyclic) bond motifs is 1. The number of benzene rings is 2. The number of aromatic nitrogens is 1. The quantitative estimate of drug-likeness (QED) is 0.783. The fourth-order valence-corrected chi connectivity index (χ4v) is 3.54. The van der Waals surface area contributed by atoms with Crippen LogP contribution in [0.5, 0.6) is 11.5 Å². The molecule has 1 fully saturated rings. The number of rotatable bonds is 4. The van der Waals surface area contributed by atoms with Crippen LogP contribution in [0.1, 0.15) is 5.56 Å². The summed E-state index contributed by atoms with van der Waals surface area (Å²) in [6, 6.07) is 15.8. The van der Waals surface area contributed by atoms with E-state index in [4.69, 9.17) is 4.74 Å². The highest BCUT2D eigenvalue weighted by Crippen LogP contribution is 2.31. The van der Waals surface area contributed by atoms with E-state index in [0.29, 0.717) is 5.75 Å². The number of aromatic hydroxyl groups is 1. The Morgan fingerprint density at radius 3 is 2.58 bits per heavy atom. The van der Waals surface area contributed by atoms with Crippen molar-refractivity contribution in [3.05, 3.63) is 60.3 Å². The van der Waals surface area contributed by atoms with Gasteiger partial charge in [-0.2, -0.15) is 0 Å². The summed E-state index contributed by atoms with van der Waals surface area (Å²) in [6.45, 7) is 4.48. The smallest absolute Gasteiger partial charge is 0.128 e. The number of hydrogen-bond acceptors (Lipinski definition) is 5. The lowest BCUT2D eigenvalue weighted by molar-refractivity contribution is 0.247. The van der Waals surface area contributed by atoms with Crippen molar-refractivity contribution in [2.45, 2.75) is 6.54 Å². The summed E-state index contributed by atoms with van der Waals surface area (Å²) < 4.78 is 5.36. The van der Waals surface area contributed by atoms with Crippen LogP contribution in [0.25, 0.3) is 10.8 Å². The molecule has 1 saturated heterocycles. The van der Waals surface area contributed by atoms with Gasteiger partial charge in [0.15, 0.2) is 0 Å². The number of hydrogen-bond donors (Lipinski definition) is 1. The summed E-state index contributed by atoms with van der Waals surface area (Å²) in [6.07, 6.45) is 1.84. The lowest BCUT2D eigenvalue weighted by Crippen LogP contribution is -2.46. The number of ether oxygens (including phenoxy) is 1. The van der Waals surface area contributed by atoms with Crippen molar-refractivity contribution in [1.82, 2.24) is 9.88 Å². The Labute approximate surface area is 153 Å². The van der Waals surface area contributed by atoms with Crippen molar-refractivity contribution in [2.24, 2.45) is 0 Å². The third kappa shape index (κ3) is 3.30. The Morgan fingerprint density at radius 1 is 1.04 bits per heavy atom. The predicted octanol–water partition coefficient (Wildman–Crippen LogP) is 3.27. The maximum Gasteiger partial charge on any atom is 0.128 e. The van der Waals surface area contributed by atoms with Crippen LogP contribution < -0.4 is 9.64 Å². The average molecular weight is 349 g/mol. The van der Waals surface area contributed by atoms with Crippen molar-refractivity contribution in [3.63, 3.8) is 0 Å². The molecule has 1 aromatic heterocycles. The first-order chi connectivity index (χ1) is 12.7. The van der Waals surface area contributed by atoms with Gasteiger partial charge in [0.1, 0.15) is 17.3 Å². The summed E-state index contributed by atoms with van der Waals surface area (Å²) in [4.78, 5) is 9.13. The van der Waals surface area contributed by atoms with Gasteiger partial charge in [-0.15, -0.1) is 0 Å². The van der Waals surface area contributed by atoms with Gasteiger partial charge in [0, 0.05) is 44.5 Å². The number of nitrogens with zero attached hydrogens (tertiary/aromatic N) is 3. The first kappa shape index (κ1) is 16.7. The standard InChI is InChI=1S/C21H23N3O2/c1-26-17-7-5-16-6-8-20(25)19(18(16)14-17)15-23-10-12-24(13-11-23)21-4-2-3-9-22-21/h2-9,14,25H,10-13,15H2,1H3. The van der Waals surface area contributed by atoms with Gasteiger partial charge in [-0.3, -0.25) is 4.90 Å². The Balaban J connectivity index is 1.52. The van der Waals surface area contributed by atoms with E-state index in [9.17, 15) is 5.11 Å². The minimum absolute atomic E-state index is 0.345. The molecule has 1 aliphatic rings. The van der Waals surface area contributed by atoms with Crippen LogP contribution >= 0.6 is 0 Å². The average Bonchev–Trinajstić information content (AvgIpc) is 2.71. The first-order valence-corrected chi connectivity index (χ1v) is 8.91. The molecule has 0 spiro atoms. The normalized spacial score (nSPS) is 15.3. The molecule has 1 aliphatic heterocycles. The van der Waals surface area contributed by atoms with E-state index in [1.165, 1.54) is 0 Å². The zero-order valence-electron chi connectivity index (χ0n) is 14.9. The molecule has 0 atom stereocenters. The highest BCUT2D eigenvalue weighted by Gasteiger charge is 2.20. The van der Waals surface area contributed by atoms with Gasteiger partial charge in [-0.05, 0) is 41.1 Å². The maximum absolute atomic E-state index is 10.4. The Morgan fingerprint density at radius 2 is 1.85 bits per heavy atom. The zero-order chi connectivity index (χ0) is 17.9. The third-order valence-electron chi connectivity index (χ3n) is 5.04. The van der Waals surface area contributed by atoms with E-state index in [1.807, 2.05) is 42.6 Å². The molecule has 5 nitrogen and oxygen atoms in total. The van der Waals surface area contributed by atoms with Gasteiger partial charge < -0.3 is 14.7 Å².